The molecule has 0 aromatic heterocycles. The lowest BCUT2D eigenvalue weighted by atomic mass is 10.8. The van der Waals surface area contributed by atoms with Gasteiger partial charge in [0.15, 0.2) is 0 Å². The minimum Gasteiger partial charge on any atom is -0.357 e. The van der Waals surface area contributed by atoms with E-state index in [0.29, 0.717) is 0 Å². The van der Waals surface area contributed by atoms with Crippen molar-refractivity contribution < 1.29 is 10.2 Å². The molecule has 0 heterocycles. The first-order valence-electron chi connectivity index (χ1n) is 1.14. The Morgan fingerprint density at radius 2 is 1.50 bits per heavy atom. The molecule has 3 nitrogen and oxygen atoms in total. The predicted molar refractivity (Wildman–Crippen MR) is 26.8 cm³/mol. The van der Waals surface area contributed by atoms with E-state index in [0.717, 1.165) is 0 Å². The number of hydrogen-bond acceptors (Lipinski definition) is 3. The average Bonchev–Trinajstić information content (AvgIpc) is 0.722. The molecule has 0 amide bonds. The number of halogens is 1. The summed E-state index contributed by atoms with van der Waals surface area (Å²) >= 11 is 2.49. The molecule has 6 heavy (non-hydrogen) atoms. The van der Waals surface area contributed by atoms with E-state index in [2.05, 4.69) is 15.9 Å². The second-order valence-electron chi connectivity index (χ2n) is 0.905. The summed E-state index contributed by atoms with van der Waals surface area (Å²) < 4.78 is -1.69. The molecule has 0 atom stereocenters. The van der Waals surface area contributed by atoms with Crippen LogP contribution < -0.4 is 6.15 Å². The van der Waals surface area contributed by atoms with Crippen LogP contribution in [0.3, 0.4) is 0 Å². The summed E-state index contributed by atoms with van der Waals surface area (Å²) in [7, 11) is 0. The Morgan fingerprint density at radius 3 is 1.50 bits per heavy atom. The van der Waals surface area contributed by atoms with Crippen LogP contribution in [0.4, 0.5) is 0 Å². The maximum absolute atomic E-state index is 7.99. The molecule has 0 aromatic carbocycles. The fraction of sp³-hybridized carbons (Fsp3) is 1.00. The largest absolute Gasteiger partial charge is 0.357 e. The summed E-state index contributed by atoms with van der Waals surface area (Å²) in [5.41, 5.74) is 0. The lowest BCUT2D eigenvalue weighted by Gasteiger charge is -2.00. The molecule has 0 bridgehead atoms. The fourth-order valence-corrected chi connectivity index (χ4v) is 0. The van der Waals surface area contributed by atoms with Gasteiger partial charge in [0, 0.05) is 6.92 Å². The molecule has 0 radical (unpaired) electrons. The molecule has 0 aliphatic heterocycles. The van der Waals surface area contributed by atoms with Gasteiger partial charge in [-0.2, -0.15) is 0 Å². The molecular weight excluding hydrogens is 150 g/mol. The van der Waals surface area contributed by atoms with E-state index in [1.807, 2.05) is 0 Å². The highest BCUT2D eigenvalue weighted by atomic mass is 79.9. The number of hydrogen-bond donors (Lipinski definition) is 3. The van der Waals surface area contributed by atoms with Crippen LogP contribution in [0.2, 0.25) is 0 Å². The summed E-state index contributed by atoms with van der Waals surface area (Å²) in [6.07, 6.45) is 0. The quantitative estimate of drug-likeness (QED) is 0.348. The highest BCUT2D eigenvalue weighted by Crippen LogP contribution is 2.03. The van der Waals surface area contributed by atoms with Crippen LogP contribution in [0.1, 0.15) is 6.92 Å². The van der Waals surface area contributed by atoms with Gasteiger partial charge >= 0.3 is 0 Å². The van der Waals surface area contributed by atoms with Gasteiger partial charge < -0.3 is 16.4 Å². The van der Waals surface area contributed by atoms with Gasteiger partial charge in [0.05, 0.1) is 0 Å². The van der Waals surface area contributed by atoms with Crippen LogP contribution in [0.25, 0.3) is 0 Å². The van der Waals surface area contributed by atoms with Crippen molar-refractivity contribution in [2.24, 2.45) is 0 Å². The summed E-state index contributed by atoms with van der Waals surface area (Å²) in [6, 6.07) is 0. The predicted octanol–water partition coefficient (Wildman–Crippen LogP) is 0.202. The normalized spacial score (nSPS) is 10.0. The van der Waals surface area contributed by atoms with Crippen LogP contribution in [-0.2, 0) is 0 Å². The van der Waals surface area contributed by atoms with E-state index >= 15 is 0 Å². The zero-order chi connectivity index (χ0) is 4.50. The van der Waals surface area contributed by atoms with Crippen LogP contribution in [0.15, 0.2) is 0 Å². The zero-order valence-corrected chi connectivity index (χ0v) is 5.07. The van der Waals surface area contributed by atoms with Gasteiger partial charge in [0.1, 0.15) is 0 Å². The molecule has 0 spiro atoms. The van der Waals surface area contributed by atoms with Crippen molar-refractivity contribution in [1.82, 2.24) is 6.15 Å². The maximum atomic E-state index is 7.99. The molecule has 40 valence electrons. The standard InChI is InChI=1S/C2H5BrO2.H3N/c1-2(3,4)5;/h4-5H,1H3;1H3. The third kappa shape index (κ3) is 380. The van der Waals surface area contributed by atoms with Gasteiger partial charge in [-0.3, -0.25) is 0 Å². The van der Waals surface area contributed by atoms with Crippen molar-refractivity contribution in [1.29, 1.82) is 0 Å². The molecule has 4 heteroatoms. The Balaban J connectivity index is 0. The first kappa shape index (κ1) is 9.61. The van der Waals surface area contributed by atoms with Gasteiger partial charge in [-0.15, -0.1) is 0 Å². The van der Waals surface area contributed by atoms with Gasteiger partial charge in [-0.05, 0) is 15.9 Å². The second-order valence-corrected chi connectivity index (χ2v) is 2.41. The Labute approximate surface area is 44.7 Å². The number of aliphatic hydroxyl groups is 2. The molecule has 0 aliphatic rings. The molecule has 0 saturated carbocycles. The first-order chi connectivity index (χ1) is 2.00. The molecular formula is C2H8BrNO2. The van der Waals surface area contributed by atoms with Crippen LogP contribution in [0.5, 0.6) is 0 Å². The summed E-state index contributed by atoms with van der Waals surface area (Å²) in [6.45, 7) is 1.22. The maximum Gasteiger partial charge on any atom is 0.218 e. The van der Waals surface area contributed by atoms with Crippen LogP contribution in [0, 0.1) is 0 Å². The molecule has 0 aliphatic carbocycles. The highest BCUT2D eigenvalue weighted by Gasteiger charge is 2.03. The third-order valence-corrected chi connectivity index (χ3v) is 0. The van der Waals surface area contributed by atoms with E-state index in [-0.39, 0.29) is 6.15 Å². The fourth-order valence-electron chi connectivity index (χ4n) is 0. The first-order valence-corrected chi connectivity index (χ1v) is 1.93. The van der Waals surface area contributed by atoms with Gasteiger partial charge in [0.2, 0.25) is 4.70 Å². The highest BCUT2D eigenvalue weighted by molar-refractivity contribution is 9.09. The van der Waals surface area contributed by atoms with E-state index in [1.165, 1.54) is 6.92 Å². The van der Waals surface area contributed by atoms with Crippen molar-refractivity contribution in [3.05, 3.63) is 0 Å². The molecule has 5 N–H and O–H groups in total. The van der Waals surface area contributed by atoms with E-state index in [9.17, 15) is 0 Å². The van der Waals surface area contributed by atoms with Crippen molar-refractivity contribution in [3.63, 3.8) is 0 Å². The Kier molecular flexibility index (Phi) is 4.04. The van der Waals surface area contributed by atoms with Crippen molar-refractivity contribution in [2.45, 2.75) is 11.6 Å². The van der Waals surface area contributed by atoms with Crippen molar-refractivity contribution in [3.8, 4) is 0 Å². The number of rotatable bonds is 0. The smallest absolute Gasteiger partial charge is 0.218 e. The summed E-state index contributed by atoms with van der Waals surface area (Å²) in [5.74, 6) is 0. The second kappa shape index (κ2) is 2.52. The van der Waals surface area contributed by atoms with E-state index in [4.69, 9.17) is 10.2 Å². The molecule has 0 rings (SSSR count). The Hall–Kier alpha value is 0.360. The van der Waals surface area contributed by atoms with E-state index in [1.54, 1.807) is 0 Å². The molecule has 0 unspecified atom stereocenters. The molecule has 0 saturated heterocycles. The van der Waals surface area contributed by atoms with E-state index < -0.39 is 4.70 Å². The SMILES string of the molecule is CC(O)(O)Br.N. The van der Waals surface area contributed by atoms with Crippen LogP contribution >= 0.6 is 15.9 Å². The topological polar surface area (TPSA) is 75.5 Å². The van der Waals surface area contributed by atoms with Crippen molar-refractivity contribution in [2.75, 3.05) is 0 Å². The minimum atomic E-state index is -1.69. The van der Waals surface area contributed by atoms with Gasteiger partial charge in [-0.1, -0.05) is 0 Å². The lowest BCUT2D eigenvalue weighted by Crippen LogP contribution is -2.10. The summed E-state index contributed by atoms with van der Waals surface area (Å²) in [5, 5.41) is 16.0. The third-order valence-electron chi connectivity index (χ3n) is 0. The number of alkyl halides is 1. The lowest BCUT2D eigenvalue weighted by molar-refractivity contribution is -0.0516. The summed E-state index contributed by atoms with van der Waals surface area (Å²) in [4.78, 5) is 0. The Bertz CT molecular complexity index is 27.0. The van der Waals surface area contributed by atoms with Crippen molar-refractivity contribution >= 4 is 15.9 Å². The zero-order valence-electron chi connectivity index (χ0n) is 3.48. The monoisotopic (exact) mass is 157 g/mol. The average molecular weight is 158 g/mol. The van der Waals surface area contributed by atoms with Gasteiger partial charge in [0.25, 0.3) is 0 Å². The molecule has 0 fully saturated rings. The van der Waals surface area contributed by atoms with Gasteiger partial charge in [-0.25, -0.2) is 0 Å². The van der Waals surface area contributed by atoms with Crippen LogP contribution in [-0.4, -0.2) is 14.9 Å². The minimum absolute atomic E-state index is 0. The Morgan fingerprint density at radius 1 is 1.50 bits per heavy atom. The molecule has 0 aromatic rings.